The molecule has 1 aliphatic rings. The van der Waals surface area contributed by atoms with Crippen LogP contribution in [-0.2, 0) is 17.8 Å². The summed E-state index contributed by atoms with van der Waals surface area (Å²) in [5.74, 6) is 0.916. The Morgan fingerprint density at radius 2 is 1.82 bits per heavy atom. The third-order valence-electron chi connectivity index (χ3n) is 5.13. The average Bonchev–Trinajstić information content (AvgIpc) is 2.73. The summed E-state index contributed by atoms with van der Waals surface area (Å²) in [5, 5.41) is 11.5. The summed E-state index contributed by atoms with van der Waals surface area (Å²) < 4.78 is 0. The van der Waals surface area contributed by atoms with Crippen LogP contribution in [0.4, 0.5) is 5.82 Å². The Morgan fingerprint density at radius 3 is 2.57 bits per heavy atom. The number of piperazine rings is 1. The monoisotopic (exact) mass is 395 g/mol. The molecule has 28 heavy (non-hydrogen) atoms. The first-order valence-corrected chi connectivity index (χ1v) is 9.78. The summed E-state index contributed by atoms with van der Waals surface area (Å²) in [5.41, 5.74) is 2.66. The molecule has 0 atom stereocenters. The number of aliphatic hydroxyl groups is 1. The van der Waals surface area contributed by atoms with Crippen LogP contribution in [0.3, 0.4) is 0 Å². The van der Waals surface area contributed by atoms with Crippen molar-refractivity contribution >= 4 is 34.2 Å². The molecule has 0 spiro atoms. The van der Waals surface area contributed by atoms with Gasteiger partial charge in [-0.1, -0.05) is 41.9 Å². The van der Waals surface area contributed by atoms with Gasteiger partial charge >= 0.3 is 0 Å². The zero-order valence-corrected chi connectivity index (χ0v) is 16.3. The summed E-state index contributed by atoms with van der Waals surface area (Å²) in [6.45, 7) is 2.61. The molecule has 2 heterocycles. The number of hydrogen-bond acceptors (Lipinski definition) is 4. The molecule has 0 unspecified atom stereocenters. The second-order valence-corrected chi connectivity index (χ2v) is 7.43. The summed E-state index contributed by atoms with van der Waals surface area (Å²) >= 11 is 6.01. The van der Waals surface area contributed by atoms with E-state index in [9.17, 15) is 9.90 Å². The average molecular weight is 396 g/mol. The summed E-state index contributed by atoms with van der Waals surface area (Å²) in [4.78, 5) is 21.4. The number of benzene rings is 2. The molecule has 0 saturated carbocycles. The Labute approximate surface area is 169 Å². The lowest BCUT2D eigenvalue weighted by Gasteiger charge is -2.36. The van der Waals surface area contributed by atoms with Crippen LogP contribution in [0.25, 0.3) is 10.9 Å². The smallest absolute Gasteiger partial charge is 0.227 e. The van der Waals surface area contributed by atoms with Gasteiger partial charge in [-0.3, -0.25) is 4.79 Å². The number of carbonyl (C=O) groups excluding carboxylic acids is 1. The van der Waals surface area contributed by atoms with Crippen LogP contribution in [0.5, 0.6) is 0 Å². The highest BCUT2D eigenvalue weighted by atomic mass is 35.5. The lowest BCUT2D eigenvalue weighted by Crippen LogP contribution is -2.49. The fraction of sp³-hybridized carbons (Fsp3) is 0.273. The lowest BCUT2D eigenvalue weighted by atomic mass is 10.1. The van der Waals surface area contributed by atoms with Gasteiger partial charge in [0.15, 0.2) is 0 Å². The van der Waals surface area contributed by atoms with E-state index >= 15 is 0 Å². The van der Waals surface area contributed by atoms with Gasteiger partial charge in [-0.05, 0) is 29.8 Å². The van der Waals surface area contributed by atoms with E-state index in [1.165, 1.54) is 0 Å². The van der Waals surface area contributed by atoms with Gasteiger partial charge in [0.2, 0.25) is 5.91 Å². The van der Waals surface area contributed by atoms with Crippen molar-refractivity contribution in [2.75, 3.05) is 31.1 Å². The molecule has 1 N–H and O–H groups in total. The maximum absolute atomic E-state index is 12.6. The second kappa shape index (κ2) is 8.17. The van der Waals surface area contributed by atoms with Crippen molar-refractivity contribution in [3.63, 3.8) is 0 Å². The van der Waals surface area contributed by atoms with Crippen LogP contribution in [0.15, 0.2) is 54.6 Å². The number of amides is 1. The molecule has 5 nitrogen and oxygen atoms in total. The molecule has 6 heteroatoms. The van der Waals surface area contributed by atoms with Crippen LogP contribution >= 0.6 is 11.6 Å². The van der Waals surface area contributed by atoms with Gasteiger partial charge in [0.05, 0.1) is 18.5 Å². The highest BCUT2D eigenvalue weighted by molar-refractivity contribution is 6.30. The van der Waals surface area contributed by atoms with E-state index in [0.29, 0.717) is 37.6 Å². The molecule has 1 saturated heterocycles. The number of aliphatic hydroxyl groups excluding tert-OH is 1. The van der Waals surface area contributed by atoms with Crippen molar-refractivity contribution in [3.8, 4) is 0 Å². The van der Waals surface area contributed by atoms with E-state index in [-0.39, 0.29) is 12.5 Å². The molecule has 1 amide bonds. The Morgan fingerprint density at radius 1 is 1.04 bits per heavy atom. The molecular weight excluding hydrogens is 374 g/mol. The fourth-order valence-electron chi connectivity index (χ4n) is 3.64. The molecule has 144 valence electrons. The number of carbonyl (C=O) groups is 1. The van der Waals surface area contributed by atoms with Gasteiger partial charge in [-0.2, -0.15) is 0 Å². The number of halogens is 1. The Hall–Kier alpha value is -2.63. The van der Waals surface area contributed by atoms with Gasteiger partial charge in [-0.25, -0.2) is 4.98 Å². The largest absolute Gasteiger partial charge is 0.392 e. The third-order valence-corrected chi connectivity index (χ3v) is 5.36. The Balaban J connectivity index is 1.45. The Kier molecular flexibility index (Phi) is 5.46. The SMILES string of the molecule is O=C(Cc1cccc(Cl)c1)N1CCN(c2nc3ccccc3cc2CO)CC1. The highest BCUT2D eigenvalue weighted by Gasteiger charge is 2.23. The van der Waals surface area contributed by atoms with E-state index in [4.69, 9.17) is 16.6 Å². The minimum absolute atomic E-state index is 0.0545. The standard InChI is InChI=1S/C22H22ClN3O2/c23-19-6-3-4-16(12-19)13-21(28)25-8-10-26(11-9-25)22-18(15-27)14-17-5-1-2-7-20(17)24-22/h1-7,12,14,27H,8-11,13,15H2. The van der Waals surface area contributed by atoms with Gasteiger partial charge in [0.25, 0.3) is 0 Å². The third kappa shape index (κ3) is 3.96. The van der Waals surface area contributed by atoms with E-state index < -0.39 is 0 Å². The van der Waals surface area contributed by atoms with Gasteiger partial charge in [0.1, 0.15) is 5.82 Å². The number of rotatable bonds is 4. The minimum Gasteiger partial charge on any atom is -0.392 e. The molecule has 0 bridgehead atoms. The van der Waals surface area contributed by atoms with Crippen LogP contribution in [-0.4, -0.2) is 47.1 Å². The molecular formula is C22H22ClN3O2. The summed E-state index contributed by atoms with van der Waals surface area (Å²) in [7, 11) is 0. The van der Waals surface area contributed by atoms with Gasteiger partial charge < -0.3 is 14.9 Å². The summed E-state index contributed by atoms with van der Waals surface area (Å²) in [6, 6.07) is 17.3. The maximum atomic E-state index is 12.6. The predicted octanol–water partition coefficient (Wildman–Crippen LogP) is 3.27. The molecule has 0 radical (unpaired) electrons. The fourth-order valence-corrected chi connectivity index (χ4v) is 3.85. The molecule has 4 rings (SSSR count). The van der Waals surface area contributed by atoms with Crippen molar-refractivity contribution in [1.82, 2.24) is 9.88 Å². The molecule has 0 aliphatic carbocycles. The van der Waals surface area contributed by atoms with Crippen LogP contribution in [0.2, 0.25) is 5.02 Å². The summed E-state index contributed by atoms with van der Waals surface area (Å²) in [6.07, 6.45) is 0.358. The number of fused-ring (bicyclic) bond motifs is 1. The topological polar surface area (TPSA) is 56.7 Å². The van der Waals surface area contributed by atoms with Crippen molar-refractivity contribution in [2.24, 2.45) is 0 Å². The molecule has 1 aromatic heterocycles. The van der Waals surface area contributed by atoms with Crippen molar-refractivity contribution in [1.29, 1.82) is 0 Å². The first-order valence-electron chi connectivity index (χ1n) is 9.41. The second-order valence-electron chi connectivity index (χ2n) is 7.00. The predicted molar refractivity (Wildman–Crippen MR) is 112 cm³/mol. The first-order chi connectivity index (χ1) is 13.6. The normalized spacial score (nSPS) is 14.5. The maximum Gasteiger partial charge on any atom is 0.227 e. The number of pyridine rings is 1. The molecule has 1 aliphatic heterocycles. The molecule has 1 fully saturated rings. The van der Waals surface area contributed by atoms with E-state index in [0.717, 1.165) is 27.8 Å². The zero-order valence-electron chi connectivity index (χ0n) is 15.5. The van der Waals surface area contributed by atoms with Crippen LogP contribution in [0, 0.1) is 0 Å². The number of hydrogen-bond donors (Lipinski definition) is 1. The van der Waals surface area contributed by atoms with Crippen LogP contribution in [0.1, 0.15) is 11.1 Å². The molecule has 3 aromatic rings. The first kappa shape index (κ1) is 18.7. The lowest BCUT2D eigenvalue weighted by molar-refractivity contribution is -0.130. The highest BCUT2D eigenvalue weighted by Crippen LogP contribution is 2.25. The van der Waals surface area contributed by atoms with Crippen LogP contribution < -0.4 is 4.90 Å². The minimum atomic E-state index is -0.0545. The quantitative estimate of drug-likeness (QED) is 0.736. The number of para-hydroxylation sites is 1. The number of anilines is 1. The number of nitrogens with zero attached hydrogens (tertiary/aromatic N) is 3. The molecule has 2 aromatic carbocycles. The Bertz CT molecular complexity index is 1000. The van der Waals surface area contributed by atoms with Crippen molar-refractivity contribution in [2.45, 2.75) is 13.0 Å². The van der Waals surface area contributed by atoms with Crippen molar-refractivity contribution < 1.29 is 9.90 Å². The van der Waals surface area contributed by atoms with E-state index in [1.54, 1.807) is 0 Å². The van der Waals surface area contributed by atoms with Gasteiger partial charge in [-0.15, -0.1) is 0 Å². The zero-order chi connectivity index (χ0) is 19.5. The van der Waals surface area contributed by atoms with E-state index in [1.807, 2.05) is 59.5 Å². The van der Waals surface area contributed by atoms with Crippen molar-refractivity contribution in [3.05, 3.63) is 70.7 Å². The number of aromatic nitrogens is 1. The van der Waals surface area contributed by atoms with E-state index in [2.05, 4.69) is 4.90 Å². The van der Waals surface area contributed by atoms with Gasteiger partial charge in [0, 0.05) is 42.2 Å².